The Kier molecular flexibility index (Phi) is 6.28. The number of aromatic amines is 1. The van der Waals surface area contributed by atoms with Crippen LogP contribution in [-0.4, -0.2) is 23.6 Å². The topological polar surface area (TPSA) is 77.4 Å². The van der Waals surface area contributed by atoms with Gasteiger partial charge in [0, 0.05) is 22.0 Å². The summed E-state index contributed by atoms with van der Waals surface area (Å²) in [5.74, 6) is -0.274. The second-order valence-corrected chi connectivity index (χ2v) is 7.72. The van der Waals surface area contributed by atoms with Crippen LogP contribution in [0.25, 0.3) is 10.9 Å². The summed E-state index contributed by atoms with van der Waals surface area (Å²) >= 11 is 6.51. The van der Waals surface area contributed by atoms with Gasteiger partial charge in [-0.15, -0.1) is 0 Å². The highest BCUT2D eigenvalue weighted by molar-refractivity contribution is 6.32. The van der Waals surface area contributed by atoms with E-state index in [0.717, 1.165) is 16.5 Å². The molecule has 164 valence electrons. The first kappa shape index (κ1) is 21.6. The van der Waals surface area contributed by atoms with Crippen LogP contribution >= 0.6 is 11.6 Å². The molecular formula is C24H20ClFN2O4. The van der Waals surface area contributed by atoms with E-state index >= 15 is 0 Å². The number of fused-ring (bicyclic) bond motifs is 1. The number of aromatic nitrogens is 1. The number of methoxy groups -OCH3 is 1. The number of hydrogen-bond acceptors (Lipinski definition) is 4. The van der Waals surface area contributed by atoms with Gasteiger partial charge >= 0.3 is 0 Å². The third kappa shape index (κ3) is 4.53. The first-order valence-electron chi connectivity index (χ1n) is 9.88. The smallest absolute Gasteiger partial charge is 0.214 e. The van der Waals surface area contributed by atoms with Crippen molar-refractivity contribution in [2.24, 2.45) is 0 Å². The average Bonchev–Trinajstić information content (AvgIpc) is 3.20. The zero-order chi connectivity index (χ0) is 22.7. The van der Waals surface area contributed by atoms with Crippen molar-refractivity contribution in [3.63, 3.8) is 0 Å². The molecule has 0 aliphatic heterocycles. The van der Waals surface area contributed by atoms with Gasteiger partial charge in [-0.3, -0.25) is 10.1 Å². The van der Waals surface area contributed by atoms with E-state index in [1.807, 2.05) is 24.3 Å². The molecule has 0 saturated heterocycles. The number of para-hydroxylation sites is 1. The predicted molar refractivity (Wildman–Crippen MR) is 121 cm³/mol. The number of halogens is 2. The maximum absolute atomic E-state index is 13.4. The third-order valence-electron chi connectivity index (χ3n) is 5.25. The first-order chi connectivity index (χ1) is 15.5. The third-order valence-corrected chi connectivity index (χ3v) is 5.54. The molecule has 0 saturated carbocycles. The number of benzene rings is 3. The van der Waals surface area contributed by atoms with Crippen molar-refractivity contribution in [3.05, 3.63) is 105 Å². The molecule has 0 amide bonds. The molecule has 0 unspecified atom stereocenters. The SMILES string of the molecule is COc1cc([C@H](C[N+](=O)[O-])c2c[nH]c3ccccc23)cc(Cl)c1OCc1cccc(F)c1. The molecule has 3 aromatic carbocycles. The lowest BCUT2D eigenvalue weighted by atomic mass is 9.90. The Hall–Kier alpha value is -3.58. The van der Waals surface area contributed by atoms with Crippen molar-refractivity contribution in [1.82, 2.24) is 4.98 Å². The number of nitrogens with zero attached hydrogens (tertiary/aromatic N) is 1. The fourth-order valence-electron chi connectivity index (χ4n) is 3.78. The maximum Gasteiger partial charge on any atom is 0.214 e. The van der Waals surface area contributed by atoms with Crippen LogP contribution in [0, 0.1) is 15.9 Å². The lowest BCUT2D eigenvalue weighted by molar-refractivity contribution is -0.481. The van der Waals surface area contributed by atoms with Gasteiger partial charge < -0.3 is 14.5 Å². The summed E-state index contributed by atoms with van der Waals surface area (Å²) in [5.41, 5.74) is 2.96. The van der Waals surface area contributed by atoms with Crippen molar-refractivity contribution in [2.45, 2.75) is 12.5 Å². The van der Waals surface area contributed by atoms with E-state index < -0.39 is 5.92 Å². The minimum atomic E-state index is -0.551. The highest BCUT2D eigenvalue weighted by Gasteiger charge is 2.26. The van der Waals surface area contributed by atoms with Crippen LogP contribution < -0.4 is 9.47 Å². The molecule has 0 fully saturated rings. The molecule has 1 aromatic heterocycles. The van der Waals surface area contributed by atoms with Gasteiger partial charge in [0.25, 0.3) is 0 Å². The normalized spacial score (nSPS) is 12.0. The van der Waals surface area contributed by atoms with E-state index in [9.17, 15) is 14.5 Å². The molecule has 4 rings (SSSR count). The number of H-pyrrole nitrogens is 1. The fourth-order valence-corrected chi connectivity index (χ4v) is 4.05. The van der Waals surface area contributed by atoms with E-state index in [1.165, 1.54) is 19.2 Å². The zero-order valence-electron chi connectivity index (χ0n) is 17.2. The highest BCUT2D eigenvalue weighted by Crippen LogP contribution is 2.41. The molecule has 0 aliphatic rings. The minimum Gasteiger partial charge on any atom is -0.493 e. The van der Waals surface area contributed by atoms with Crippen LogP contribution in [0.5, 0.6) is 11.5 Å². The lowest BCUT2D eigenvalue weighted by Gasteiger charge is -2.18. The molecule has 0 bridgehead atoms. The van der Waals surface area contributed by atoms with Gasteiger partial charge in [-0.1, -0.05) is 41.9 Å². The summed E-state index contributed by atoms with van der Waals surface area (Å²) in [4.78, 5) is 14.3. The molecular weight excluding hydrogens is 435 g/mol. The van der Waals surface area contributed by atoms with E-state index in [-0.39, 0.29) is 28.9 Å². The first-order valence-corrected chi connectivity index (χ1v) is 10.3. The Labute approximate surface area is 188 Å². The molecule has 0 aliphatic carbocycles. The molecule has 4 aromatic rings. The van der Waals surface area contributed by atoms with Crippen molar-refractivity contribution in [3.8, 4) is 11.5 Å². The number of nitrogens with one attached hydrogen (secondary N) is 1. The Balaban J connectivity index is 1.71. The molecule has 6 nitrogen and oxygen atoms in total. The standard InChI is InChI=1S/C24H20ClFN2O4/c1-31-23-11-16(10-21(25)24(23)32-14-15-5-4-6-17(26)9-15)20(13-28(29)30)19-12-27-22-8-3-2-7-18(19)22/h2-12,20,27H,13-14H2,1H3/t20-/m0/s1. The molecule has 32 heavy (non-hydrogen) atoms. The number of nitro groups is 1. The van der Waals surface area contributed by atoms with Crippen molar-refractivity contribution >= 4 is 22.5 Å². The average molecular weight is 455 g/mol. The second kappa shape index (κ2) is 9.28. The van der Waals surface area contributed by atoms with Crippen molar-refractivity contribution in [1.29, 1.82) is 0 Å². The van der Waals surface area contributed by atoms with Crippen LogP contribution in [0.15, 0.2) is 66.9 Å². The Morgan fingerprint density at radius 1 is 1.16 bits per heavy atom. The van der Waals surface area contributed by atoms with Crippen LogP contribution in [0.4, 0.5) is 4.39 Å². The van der Waals surface area contributed by atoms with E-state index in [2.05, 4.69) is 4.98 Å². The van der Waals surface area contributed by atoms with E-state index in [0.29, 0.717) is 22.6 Å². The Bertz CT molecular complexity index is 1270. The van der Waals surface area contributed by atoms with Crippen LogP contribution in [0.1, 0.15) is 22.6 Å². The van der Waals surface area contributed by atoms with Gasteiger partial charge in [0.1, 0.15) is 12.4 Å². The molecule has 1 heterocycles. The summed E-state index contributed by atoms with van der Waals surface area (Å²) in [6.45, 7) is -0.223. The summed E-state index contributed by atoms with van der Waals surface area (Å²) in [5, 5.41) is 12.6. The predicted octanol–water partition coefficient (Wildman–Crippen LogP) is 5.96. The van der Waals surface area contributed by atoms with Crippen LogP contribution in [0.3, 0.4) is 0 Å². The number of ether oxygens (including phenoxy) is 2. The highest BCUT2D eigenvalue weighted by atomic mass is 35.5. The van der Waals surface area contributed by atoms with Gasteiger partial charge in [0.05, 0.1) is 18.1 Å². The quantitative estimate of drug-likeness (QED) is 0.263. The zero-order valence-corrected chi connectivity index (χ0v) is 17.9. The number of rotatable bonds is 8. The molecule has 1 N–H and O–H groups in total. The van der Waals surface area contributed by atoms with Crippen molar-refractivity contribution in [2.75, 3.05) is 13.7 Å². The van der Waals surface area contributed by atoms with Gasteiger partial charge in [-0.05, 0) is 47.0 Å². The van der Waals surface area contributed by atoms with Gasteiger partial charge in [0.15, 0.2) is 11.5 Å². The summed E-state index contributed by atoms with van der Waals surface area (Å²) in [7, 11) is 1.47. The summed E-state index contributed by atoms with van der Waals surface area (Å²) in [6.07, 6.45) is 1.79. The Morgan fingerprint density at radius 2 is 1.97 bits per heavy atom. The molecule has 1 atom stereocenters. The van der Waals surface area contributed by atoms with Crippen LogP contribution in [0.2, 0.25) is 5.02 Å². The van der Waals surface area contributed by atoms with Crippen LogP contribution in [-0.2, 0) is 6.61 Å². The minimum absolute atomic E-state index is 0.0912. The van der Waals surface area contributed by atoms with E-state index in [1.54, 1.807) is 30.5 Å². The summed E-state index contributed by atoms with van der Waals surface area (Å²) in [6, 6.07) is 17.0. The molecule has 0 radical (unpaired) electrons. The molecule has 8 heteroatoms. The number of hydrogen-bond donors (Lipinski definition) is 1. The van der Waals surface area contributed by atoms with Crippen molar-refractivity contribution < 1.29 is 18.8 Å². The van der Waals surface area contributed by atoms with Gasteiger partial charge in [-0.25, -0.2) is 4.39 Å². The Morgan fingerprint density at radius 3 is 2.72 bits per heavy atom. The fraction of sp³-hybridized carbons (Fsp3) is 0.167. The summed E-state index contributed by atoms with van der Waals surface area (Å²) < 4.78 is 24.7. The van der Waals surface area contributed by atoms with Gasteiger partial charge in [-0.2, -0.15) is 0 Å². The second-order valence-electron chi connectivity index (χ2n) is 7.31. The van der Waals surface area contributed by atoms with E-state index in [4.69, 9.17) is 21.1 Å². The monoisotopic (exact) mass is 454 g/mol. The lowest BCUT2D eigenvalue weighted by Crippen LogP contribution is -2.14. The van der Waals surface area contributed by atoms with Gasteiger partial charge in [0.2, 0.25) is 6.54 Å². The largest absolute Gasteiger partial charge is 0.493 e. The maximum atomic E-state index is 13.4. The molecule has 0 spiro atoms.